The van der Waals surface area contributed by atoms with Crippen LogP contribution in [0.4, 0.5) is 0 Å². The van der Waals surface area contributed by atoms with E-state index in [2.05, 4.69) is 4.98 Å². The van der Waals surface area contributed by atoms with Crippen LogP contribution in [0.15, 0.2) is 34.9 Å². The molecular weight excluding hydrogens is 162 g/mol. The highest BCUT2D eigenvalue weighted by molar-refractivity contribution is 5.57. The highest BCUT2D eigenvalue weighted by Gasteiger charge is 2.01. The second-order valence-corrected chi connectivity index (χ2v) is 3.12. The first-order valence-electron chi connectivity index (χ1n) is 4.25. The average Bonchev–Trinajstić information content (AvgIpc) is 2.53. The molecule has 0 aliphatic heterocycles. The maximum atomic E-state index is 5.30. The molecule has 0 spiro atoms. The van der Waals surface area contributed by atoms with E-state index >= 15 is 0 Å². The minimum Gasteiger partial charge on any atom is -0.464 e. The molecule has 0 bridgehead atoms. The monoisotopic (exact) mass is 173 g/mol. The molecule has 2 heteroatoms. The molecule has 0 aromatic carbocycles. The summed E-state index contributed by atoms with van der Waals surface area (Å²) < 4.78 is 5.30. The molecule has 2 nitrogen and oxygen atoms in total. The van der Waals surface area contributed by atoms with Crippen molar-refractivity contribution in [3.05, 3.63) is 41.9 Å². The summed E-state index contributed by atoms with van der Waals surface area (Å²) in [6, 6.07) is 7.88. The Morgan fingerprint density at radius 3 is 2.38 bits per heavy atom. The summed E-state index contributed by atoms with van der Waals surface area (Å²) in [5.74, 6) is 0.897. The van der Waals surface area contributed by atoms with Gasteiger partial charge in [-0.05, 0) is 38.1 Å². The second-order valence-electron chi connectivity index (χ2n) is 3.12. The maximum absolute atomic E-state index is 5.30. The molecule has 0 aliphatic rings. The molecule has 13 heavy (non-hydrogen) atoms. The van der Waals surface area contributed by atoms with Crippen molar-refractivity contribution in [2.75, 3.05) is 0 Å². The van der Waals surface area contributed by atoms with Crippen molar-refractivity contribution in [1.82, 2.24) is 4.98 Å². The van der Waals surface area contributed by atoms with Crippen LogP contribution >= 0.6 is 0 Å². The number of pyridine rings is 1. The Balaban J connectivity index is 2.53. The van der Waals surface area contributed by atoms with Crippen molar-refractivity contribution in [1.29, 1.82) is 0 Å². The van der Waals surface area contributed by atoms with Crippen LogP contribution in [0.2, 0.25) is 0 Å². The third-order valence-electron chi connectivity index (χ3n) is 1.89. The van der Waals surface area contributed by atoms with Gasteiger partial charge in [-0.1, -0.05) is 0 Å². The zero-order chi connectivity index (χ0) is 9.26. The van der Waals surface area contributed by atoms with E-state index in [4.69, 9.17) is 4.42 Å². The van der Waals surface area contributed by atoms with Crippen LogP contribution in [-0.4, -0.2) is 4.98 Å². The van der Waals surface area contributed by atoms with E-state index in [9.17, 15) is 0 Å². The molecule has 0 amide bonds. The summed E-state index contributed by atoms with van der Waals surface area (Å²) in [6.07, 6.45) is 1.68. The lowest BCUT2D eigenvalue weighted by Crippen LogP contribution is -1.86. The number of hydrogen-bond acceptors (Lipinski definition) is 2. The van der Waals surface area contributed by atoms with E-state index in [0.29, 0.717) is 0 Å². The maximum Gasteiger partial charge on any atom is 0.133 e. The van der Waals surface area contributed by atoms with E-state index in [0.717, 1.165) is 22.7 Å². The molecule has 0 fully saturated rings. The largest absolute Gasteiger partial charge is 0.464 e. The van der Waals surface area contributed by atoms with Crippen molar-refractivity contribution < 1.29 is 4.42 Å². The lowest BCUT2D eigenvalue weighted by atomic mass is 10.1. The molecule has 2 heterocycles. The average molecular weight is 173 g/mol. The number of aromatic nitrogens is 1. The van der Waals surface area contributed by atoms with Gasteiger partial charge >= 0.3 is 0 Å². The summed E-state index contributed by atoms with van der Waals surface area (Å²) in [5, 5.41) is 0. The molecule has 0 radical (unpaired) electrons. The van der Waals surface area contributed by atoms with Crippen molar-refractivity contribution in [3.8, 4) is 11.3 Å². The highest BCUT2D eigenvalue weighted by atomic mass is 16.3. The van der Waals surface area contributed by atoms with Crippen molar-refractivity contribution in [3.63, 3.8) is 0 Å². The quantitative estimate of drug-likeness (QED) is 0.662. The smallest absolute Gasteiger partial charge is 0.133 e. The number of nitrogens with zero attached hydrogens (tertiary/aromatic N) is 1. The zero-order valence-electron chi connectivity index (χ0n) is 7.74. The minimum atomic E-state index is 0.897. The van der Waals surface area contributed by atoms with Gasteiger partial charge < -0.3 is 4.42 Å². The van der Waals surface area contributed by atoms with Gasteiger partial charge in [0.1, 0.15) is 5.76 Å². The Hall–Kier alpha value is -1.57. The fourth-order valence-corrected chi connectivity index (χ4v) is 1.42. The van der Waals surface area contributed by atoms with Gasteiger partial charge in [-0.25, -0.2) is 0 Å². The fourth-order valence-electron chi connectivity index (χ4n) is 1.42. The molecule has 66 valence electrons. The van der Waals surface area contributed by atoms with E-state index < -0.39 is 0 Å². The molecule has 2 aromatic heterocycles. The van der Waals surface area contributed by atoms with Crippen molar-refractivity contribution >= 4 is 0 Å². The summed E-state index contributed by atoms with van der Waals surface area (Å²) in [7, 11) is 0. The Morgan fingerprint density at radius 1 is 1.15 bits per heavy atom. The molecule has 0 aliphatic carbocycles. The van der Waals surface area contributed by atoms with E-state index in [-0.39, 0.29) is 0 Å². The highest BCUT2D eigenvalue weighted by Crippen LogP contribution is 2.20. The number of aryl methyl sites for hydroxylation is 2. The molecule has 2 aromatic rings. The van der Waals surface area contributed by atoms with Crippen LogP contribution in [0, 0.1) is 13.8 Å². The normalized spacial score (nSPS) is 10.3. The lowest BCUT2D eigenvalue weighted by Gasteiger charge is -2.00. The summed E-state index contributed by atoms with van der Waals surface area (Å²) >= 11 is 0. The van der Waals surface area contributed by atoms with E-state index in [1.54, 1.807) is 6.26 Å². The Labute approximate surface area is 77.2 Å². The number of hydrogen-bond donors (Lipinski definition) is 0. The lowest BCUT2D eigenvalue weighted by molar-refractivity contribution is 0.582. The summed E-state index contributed by atoms with van der Waals surface area (Å²) in [5.41, 5.74) is 3.13. The molecule has 0 saturated heterocycles. The second kappa shape index (κ2) is 3.05. The molecular formula is C11H11NO. The van der Waals surface area contributed by atoms with Gasteiger partial charge in [-0.2, -0.15) is 0 Å². The van der Waals surface area contributed by atoms with Gasteiger partial charge in [0.05, 0.1) is 6.26 Å². The van der Waals surface area contributed by atoms with Crippen molar-refractivity contribution in [2.45, 2.75) is 13.8 Å². The van der Waals surface area contributed by atoms with Crippen LogP contribution in [0.5, 0.6) is 0 Å². The minimum absolute atomic E-state index is 0.897. The topological polar surface area (TPSA) is 26.0 Å². The number of rotatable bonds is 1. The van der Waals surface area contributed by atoms with Crippen LogP contribution < -0.4 is 0 Å². The van der Waals surface area contributed by atoms with Gasteiger partial charge in [0.15, 0.2) is 0 Å². The van der Waals surface area contributed by atoms with Gasteiger partial charge in [-0.3, -0.25) is 4.98 Å². The summed E-state index contributed by atoms with van der Waals surface area (Å²) in [6.45, 7) is 3.97. The van der Waals surface area contributed by atoms with Crippen LogP contribution in [0.1, 0.15) is 11.4 Å². The Bertz CT molecular complexity index is 384. The van der Waals surface area contributed by atoms with Crippen LogP contribution in [-0.2, 0) is 0 Å². The molecule has 0 unspecified atom stereocenters. The standard InChI is InChI=1S/C11H11NO/c1-8-6-10(7-9(2)12-8)11-4-3-5-13-11/h3-7H,1-2H3. The SMILES string of the molecule is Cc1cc(-c2ccco2)cc(C)n1. The molecule has 0 N–H and O–H groups in total. The first kappa shape index (κ1) is 8.05. The van der Waals surface area contributed by atoms with Gasteiger partial charge in [0.2, 0.25) is 0 Å². The predicted octanol–water partition coefficient (Wildman–Crippen LogP) is 2.96. The van der Waals surface area contributed by atoms with Gasteiger partial charge in [-0.15, -0.1) is 0 Å². The summed E-state index contributed by atoms with van der Waals surface area (Å²) in [4.78, 5) is 4.30. The Kier molecular flexibility index (Phi) is 1.89. The third kappa shape index (κ3) is 1.61. The molecule has 0 saturated carbocycles. The van der Waals surface area contributed by atoms with Crippen LogP contribution in [0.3, 0.4) is 0 Å². The fraction of sp³-hybridized carbons (Fsp3) is 0.182. The molecule has 0 atom stereocenters. The molecule has 2 rings (SSSR count). The first-order chi connectivity index (χ1) is 6.25. The first-order valence-corrected chi connectivity index (χ1v) is 4.25. The van der Waals surface area contributed by atoms with Crippen molar-refractivity contribution in [2.24, 2.45) is 0 Å². The van der Waals surface area contributed by atoms with Gasteiger partial charge in [0, 0.05) is 17.0 Å². The van der Waals surface area contributed by atoms with E-state index in [1.807, 2.05) is 38.1 Å². The number of furan rings is 1. The van der Waals surface area contributed by atoms with Gasteiger partial charge in [0.25, 0.3) is 0 Å². The zero-order valence-corrected chi connectivity index (χ0v) is 7.74. The Morgan fingerprint density at radius 2 is 1.85 bits per heavy atom. The predicted molar refractivity (Wildman–Crippen MR) is 51.4 cm³/mol. The van der Waals surface area contributed by atoms with Crippen LogP contribution in [0.25, 0.3) is 11.3 Å². The third-order valence-corrected chi connectivity index (χ3v) is 1.89. The van der Waals surface area contributed by atoms with E-state index in [1.165, 1.54) is 0 Å².